The number of hydrogen-bond acceptors (Lipinski definition) is 3. The highest BCUT2D eigenvalue weighted by atomic mass is 16.6. The molecule has 1 saturated heterocycles. The van der Waals surface area contributed by atoms with Crippen molar-refractivity contribution in [1.82, 2.24) is 10.2 Å². The number of alkyl carbamates (subject to hydrolysis) is 1. The smallest absolute Gasteiger partial charge is 0.407 e. The van der Waals surface area contributed by atoms with Crippen LogP contribution in [0.15, 0.2) is 30.3 Å². The highest BCUT2D eigenvalue weighted by molar-refractivity contribution is 5.68. The molecule has 4 nitrogen and oxygen atoms in total. The Bertz CT molecular complexity index is 482. The molecule has 1 aliphatic heterocycles. The van der Waals surface area contributed by atoms with E-state index in [9.17, 15) is 4.79 Å². The fourth-order valence-electron chi connectivity index (χ4n) is 2.88. The van der Waals surface area contributed by atoms with Gasteiger partial charge >= 0.3 is 6.09 Å². The van der Waals surface area contributed by atoms with Gasteiger partial charge in [0.2, 0.25) is 0 Å². The van der Waals surface area contributed by atoms with Crippen LogP contribution < -0.4 is 5.32 Å². The van der Waals surface area contributed by atoms with Crippen LogP contribution in [0.5, 0.6) is 0 Å². The van der Waals surface area contributed by atoms with Crippen molar-refractivity contribution in [2.75, 3.05) is 6.54 Å². The number of nitrogens with one attached hydrogen (secondary N) is 1. The first-order chi connectivity index (χ1) is 10.3. The van der Waals surface area contributed by atoms with Crippen molar-refractivity contribution in [3.8, 4) is 0 Å². The van der Waals surface area contributed by atoms with E-state index in [-0.39, 0.29) is 12.1 Å². The monoisotopic (exact) mass is 304 g/mol. The topological polar surface area (TPSA) is 41.6 Å². The SMILES string of the molecule is C[C@@H]1C[C@H](NC(=O)OC(C)(C)C)CCN1Cc1ccccc1. The minimum atomic E-state index is -0.441. The standard InChI is InChI=1S/C18H28N2O2/c1-14-12-16(19-17(21)22-18(2,3)4)10-11-20(14)13-15-8-6-5-7-9-15/h5-9,14,16H,10-13H2,1-4H3,(H,19,21)/t14-,16-/m1/s1. The molecule has 0 radical (unpaired) electrons. The average molecular weight is 304 g/mol. The van der Waals surface area contributed by atoms with Gasteiger partial charge in [-0.1, -0.05) is 30.3 Å². The van der Waals surface area contributed by atoms with Crippen molar-refractivity contribution in [2.24, 2.45) is 0 Å². The molecule has 2 rings (SSSR count). The number of ether oxygens (including phenoxy) is 1. The molecule has 0 aliphatic carbocycles. The summed E-state index contributed by atoms with van der Waals surface area (Å²) in [6, 6.07) is 11.2. The van der Waals surface area contributed by atoms with Crippen LogP contribution in [-0.4, -0.2) is 35.2 Å². The van der Waals surface area contributed by atoms with Crippen LogP contribution in [0.1, 0.15) is 46.1 Å². The molecule has 1 aromatic carbocycles. The number of carbonyl (C=O) groups is 1. The third kappa shape index (κ3) is 5.34. The second kappa shape index (κ2) is 7.14. The van der Waals surface area contributed by atoms with Gasteiger partial charge in [0.05, 0.1) is 0 Å². The highest BCUT2D eigenvalue weighted by Gasteiger charge is 2.27. The van der Waals surface area contributed by atoms with Gasteiger partial charge in [-0.3, -0.25) is 4.90 Å². The van der Waals surface area contributed by atoms with Gasteiger partial charge in [0.25, 0.3) is 0 Å². The van der Waals surface area contributed by atoms with E-state index >= 15 is 0 Å². The molecule has 122 valence electrons. The maximum atomic E-state index is 11.9. The molecular weight excluding hydrogens is 276 g/mol. The number of nitrogens with zero attached hydrogens (tertiary/aromatic N) is 1. The average Bonchev–Trinajstić information content (AvgIpc) is 2.41. The number of benzene rings is 1. The summed E-state index contributed by atoms with van der Waals surface area (Å²) in [5.74, 6) is 0. The van der Waals surface area contributed by atoms with Gasteiger partial charge in [0.15, 0.2) is 0 Å². The summed E-state index contributed by atoms with van der Waals surface area (Å²) in [7, 11) is 0. The van der Waals surface area contributed by atoms with Gasteiger partial charge in [0, 0.05) is 25.2 Å². The zero-order valence-corrected chi connectivity index (χ0v) is 14.1. The Morgan fingerprint density at radius 1 is 1.32 bits per heavy atom. The van der Waals surface area contributed by atoms with Gasteiger partial charge in [-0.15, -0.1) is 0 Å². The zero-order valence-electron chi connectivity index (χ0n) is 14.1. The minimum absolute atomic E-state index is 0.205. The molecule has 0 saturated carbocycles. The largest absolute Gasteiger partial charge is 0.444 e. The maximum Gasteiger partial charge on any atom is 0.407 e. The number of carbonyl (C=O) groups excluding carboxylic acids is 1. The Kier molecular flexibility index (Phi) is 5.46. The molecule has 1 aliphatic rings. The van der Waals surface area contributed by atoms with Crippen LogP contribution in [0, 0.1) is 0 Å². The van der Waals surface area contributed by atoms with Gasteiger partial charge in [-0.05, 0) is 46.1 Å². The maximum absolute atomic E-state index is 11.9. The predicted octanol–water partition coefficient (Wildman–Crippen LogP) is 3.56. The Balaban J connectivity index is 1.81. The normalized spacial score (nSPS) is 23.1. The molecule has 0 bridgehead atoms. The summed E-state index contributed by atoms with van der Waals surface area (Å²) in [5, 5.41) is 3.00. The van der Waals surface area contributed by atoms with E-state index < -0.39 is 5.60 Å². The van der Waals surface area contributed by atoms with Gasteiger partial charge in [-0.2, -0.15) is 0 Å². The molecule has 22 heavy (non-hydrogen) atoms. The van der Waals surface area contributed by atoms with E-state index in [1.54, 1.807) is 0 Å². The molecule has 2 atom stereocenters. The molecular formula is C18H28N2O2. The molecule has 1 N–H and O–H groups in total. The Morgan fingerprint density at radius 3 is 2.59 bits per heavy atom. The predicted molar refractivity (Wildman–Crippen MR) is 88.7 cm³/mol. The summed E-state index contributed by atoms with van der Waals surface area (Å²) in [4.78, 5) is 14.3. The summed E-state index contributed by atoms with van der Waals surface area (Å²) < 4.78 is 5.33. The molecule has 0 aromatic heterocycles. The Hall–Kier alpha value is -1.55. The lowest BCUT2D eigenvalue weighted by atomic mass is 9.97. The zero-order chi connectivity index (χ0) is 16.2. The van der Waals surface area contributed by atoms with E-state index in [1.807, 2.05) is 26.8 Å². The number of rotatable bonds is 3. The molecule has 0 unspecified atom stereocenters. The van der Waals surface area contributed by atoms with E-state index in [0.717, 1.165) is 25.9 Å². The first kappa shape index (κ1) is 16.8. The molecule has 1 aromatic rings. The Morgan fingerprint density at radius 2 is 2.00 bits per heavy atom. The first-order valence-corrected chi connectivity index (χ1v) is 8.11. The van der Waals surface area contributed by atoms with Crippen molar-refractivity contribution in [3.63, 3.8) is 0 Å². The summed E-state index contributed by atoms with van der Waals surface area (Å²) >= 11 is 0. The minimum Gasteiger partial charge on any atom is -0.444 e. The summed E-state index contributed by atoms with van der Waals surface area (Å²) in [6.45, 7) is 9.86. The van der Waals surface area contributed by atoms with E-state index in [4.69, 9.17) is 4.74 Å². The summed E-state index contributed by atoms with van der Waals surface area (Å²) in [5.41, 5.74) is 0.900. The van der Waals surface area contributed by atoms with Crippen LogP contribution in [0.2, 0.25) is 0 Å². The number of likely N-dealkylation sites (tertiary alicyclic amines) is 1. The van der Waals surface area contributed by atoms with Crippen molar-refractivity contribution in [2.45, 2.75) is 64.8 Å². The quantitative estimate of drug-likeness (QED) is 0.928. The lowest BCUT2D eigenvalue weighted by Gasteiger charge is -2.38. The van der Waals surface area contributed by atoms with Crippen LogP contribution >= 0.6 is 0 Å². The fraction of sp³-hybridized carbons (Fsp3) is 0.611. The lowest BCUT2D eigenvalue weighted by molar-refractivity contribution is 0.0453. The number of piperidine rings is 1. The first-order valence-electron chi connectivity index (χ1n) is 8.11. The fourth-order valence-corrected chi connectivity index (χ4v) is 2.88. The van der Waals surface area contributed by atoms with Crippen molar-refractivity contribution < 1.29 is 9.53 Å². The van der Waals surface area contributed by atoms with Crippen LogP contribution in [0.3, 0.4) is 0 Å². The van der Waals surface area contributed by atoms with E-state index in [0.29, 0.717) is 6.04 Å². The van der Waals surface area contributed by atoms with Gasteiger partial charge in [-0.25, -0.2) is 4.79 Å². The second-order valence-electron chi connectivity index (χ2n) is 7.17. The third-order valence-electron chi connectivity index (χ3n) is 3.96. The molecule has 1 heterocycles. The molecule has 4 heteroatoms. The van der Waals surface area contributed by atoms with E-state index in [2.05, 4.69) is 41.4 Å². The van der Waals surface area contributed by atoms with E-state index in [1.165, 1.54) is 5.56 Å². The van der Waals surface area contributed by atoms with Crippen molar-refractivity contribution in [1.29, 1.82) is 0 Å². The summed E-state index contributed by atoms with van der Waals surface area (Å²) in [6.07, 6.45) is 1.63. The third-order valence-corrected chi connectivity index (χ3v) is 3.96. The highest BCUT2D eigenvalue weighted by Crippen LogP contribution is 2.20. The molecule has 1 fully saturated rings. The van der Waals surface area contributed by atoms with Crippen molar-refractivity contribution in [3.05, 3.63) is 35.9 Å². The number of hydrogen-bond donors (Lipinski definition) is 1. The van der Waals surface area contributed by atoms with Crippen molar-refractivity contribution >= 4 is 6.09 Å². The van der Waals surface area contributed by atoms with Crippen LogP contribution in [0.25, 0.3) is 0 Å². The van der Waals surface area contributed by atoms with Crippen LogP contribution in [-0.2, 0) is 11.3 Å². The van der Waals surface area contributed by atoms with Crippen LogP contribution in [0.4, 0.5) is 4.79 Å². The van der Waals surface area contributed by atoms with Gasteiger partial charge < -0.3 is 10.1 Å². The van der Waals surface area contributed by atoms with Gasteiger partial charge in [0.1, 0.15) is 5.60 Å². The Labute approximate surface area is 133 Å². The molecule has 1 amide bonds. The molecule has 0 spiro atoms. The second-order valence-corrected chi connectivity index (χ2v) is 7.17. The number of amides is 1. The lowest BCUT2D eigenvalue weighted by Crippen LogP contribution is -2.49.